The van der Waals surface area contributed by atoms with E-state index in [1.165, 1.54) is 0 Å². The number of carboxylic acid groups (broad SMARTS) is 1. The minimum absolute atomic E-state index is 0.260. The molecular weight excluding hydrogens is 436 g/mol. The summed E-state index contributed by atoms with van der Waals surface area (Å²) in [6.45, 7) is 0.925. The molecule has 5 heteroatoms. The highest BCUT2D eigenvalue weighted by molar-refractivity contribution is 5.88. The number of hydrogen-bond donors (Lipinski definition) is 2. The van der Waals surface area contributed by atoms with E-state index in [0.717, 1.165) is 44.2 Å². The van der Waals surface area contributed by atoms with Gasteiger partial charge in [-0.05, 0) is 46.9 Å². The molecule has 5 aromatic rings. The van der Waals surface area contributed by atoms with E-state index in [1.807, 2.05) is 60.8 Å². The van der Waals surface area contributed by atoms with Gasteiger partial charge in [0.05, 0.1) is 23.0 Å². The molecular formula is C30H24N2O3. The van der Waals surface area contributed by atoms with Crippen molar-refractivity contribution in [3.8, 4) is 5.75 Å². The number of rotatable bonds is 8. The number of fused-ring (bicyclic) bond motifs is 2. The number of aromatic nitrogens is 1. The molecule has 0 amide bonds. The molecule has 5 rings (SSSR count). The number of carbonyl (C=O) groups is 1. The van der Waals surface area contributed by atoms with Crippen molar-refractivity contribution in [1.82, 2.24) is 4.98 Å². The van der Waals surface area contributed by atoms with Crippen molar-refractivity contribution in [3.63, 3.8) is 0 Å². The van der Waals surface area contributed by atoms with Crippen LogP contribution in [0.4, 0.5) is 5.69 Å². The lowest BCUT2D eigenvalue weighted by atomic mass is 10.1. The Morgan fingerprint density at radius 1 is 0.886 bits per heavy atom. The minimum atomic E-state index is -0.939. The zero-order valence-corrected chi connectivity index (χ0v) is 19.0. The number of nitrogens with one attached hydrogen (secondary N) is 1. The van der Waals surface area contributed by atoms with E-state index in [2.05, 4.69) is 34.6 Å². The lowest BCUT2D eigenvalue weighted by Crippen LogP contribution is -2.12. The fraction of sp³-hybridized carbons (Fsp3) is 0.0667. The molecule has 2 N–H and O–H groups in total. The van der Waals surface area contributed by atoms with Crippen LogP contribution in [0, 0.1) is 0 Å². The van der Waals surface area contributed by atoms with Crippen LogP contribution in [-0.4, -0.2) is 29.2 Å². The molecule has 35 heavy (non-hydrogen) atoms. The van der Waals surface area contributed by atoms with Gasteiger partial charge in [-0.2, -0.15) is 0 Å². The van der Waals surface area contributed by atoms with Crippen molar-refractivity contribution in [2.75, 3.05) is 18.5 Å². The molecule has 172 valence electrons. The van der Waals surface area contributed by atoms with Gasteiger partial charge in [0, 0.05) is 17.3 Å². The Kier molecular flexibility index (Phi) is 6.39. The fourth-order valence-corrected chi connectivity index (χ4v) is 3.98. The fourth-order valence-electron chi connectivity index (χ4n) is 3.98. The van der Waals surface area contributed by atoms with Crippen molar-refractivity contribution in [2.24, 2.45) is 0 Å². The van der Waals surface area contributed by atoms with Gasteiger partial charge in [0.25, 0.3) is 0 Å². The van der Waals surface area contributed by atoms with E-state index in [0.29, 0.717) is 13.2 Å². The first-order valence-corrected chi connectivity index (χ1v) is 11.4. The Hall–Kier alpha value is -4.64. The van der Waals surface area contributed by atoms with Gasteiger partial charge in [0.15, 0.2) is 0 Å². The highest BCUT2D eigenvalue weighted by Crippen LogP contribution is 2.26. The predicted molar refractivity (Wildman–Crippen MR) is 141 cm³/mol. The first-order chi connectivity index (χ1) is 17.2. The van der Waals surface area contributed by atoms with Crippen molar-refractivity contribution in [1.29, 1.82) is 0 Å². The largest absolute Gasteiger partial charge is 0.489 e. The second-order valence-electron chi connectivity index (χ2n) is 8.27. The van der Waals surface area contributed by atoms with E-state index in [1.54, 1.807) is 24.3 Å². The zero-order valence-electron chi connectivity index (χ0n) is 19.0. The van der Waals surface area contributed by atoms with E-state index >= 15 is 0 Å². The van der Waals surface area contributed by atoms with Gasteiger partial charge in [-0.1, -0.05) is 72.8 Å². The molecule has 0 aliphatic heterocycles. The van der Waals surface area contributed by atoms with Gasteiger partial charge >= 0.3 is 5.97 Å². The van der Waals surface area contributed by atoms with Crippen LogP contribution in [0.3, 0.4) is 0 Å². The highest BCUT2D eigenvalue weighted by atomic mass is 16.5. The maximum absolute atomic E-state index is 11.2. The number of nitrogens with zero attached hydrogens (tertiary/aromatic N) is 1. The molecule has 4 aromatic carbocycles. The van der Waals surface area contributed by atoms with E-state index < -0.39 is 5.97 Å². The van der Waals surface area contributed by atoms with Crippen LogP contribution in [-0.2, 0) is 0 Å². The lowest BCUT2D eigenvalue weighted by Gasteiger charge is -2.14. The Morgan fingerprint density at radius 2 is 1.63 bits per heavy atom. The summed E-state index contributed by atoms with van der Waals surface area (Å²) < 4.78 is 6.26. The van der Waals surface area contributed by atoms with E-state index in [-0.39, 0.29) is 5.56 Å². The standard InChI is InChI=1S/C30H24N2O3/c33-30(34)24-14-12-21(13-15-24)16-22(18-31-26-17-25-7-2-4-10-28(25)32-19-26)20-35-29-11-5-8-23-6-1-3-9-27(23)29/h1-17,19,31H,18,20H2,(H,33,34). The molecule has 5 nitrogen and oxygen atoms in total. The summed E-state index contributed by atoms with van der Waals surface area (Å²) in [6.07, 6.45) is 3.85. The van der Waals surface area contributed by atoms with Crippen molar-refractivity contribution >= 4 is 39.4 Å². The van der Waals surface area contributed by atoms with Gasteiger partial charge in [-0.15, -0.1) is 0 Å². The summed E-state index contributed by atoms with van der Waals surface area (Å²) in [6, 6.07) is 31.1. The first kappa shape index (κ1) is 22.2. The number of hydrogen-bond acceptors (Lipinski definition) is 4. The molecule has 0 radical (unpaired) electrons. The molecule has 0 fully saturated rings. The molecule has 0 unspecified atom stereocenters. The minimum Gasteiger partial charge on any atom is -0.489 e. The Bertz CT molecular complexity index is 1520. The van der Waals surface area contributed by atoms with Crippen LogP contribution in [0.2, 0.25) is 0 Å². The van der Waals surface area contributed by atoms with Crippen LogP contribution >= 0.6 is 0 Å². The van der Waals surface area contributed by atoms with Gasteiger partial charge < -0.3 is 15.2 Å². The Labute approximate surface area is 203 Å². The summed E-state index contributed by atoms with van der Waals surface area (Å²) in [5, 5.41) is 15.9. The SMILES string of the molecule is O=C(O)c1ccc(C=C(CNc2cnc3ccccc3c2)COc2cccc3ccccc23)cc1. The molecule has 0 aliphatic carbocycles. The number of para-hydroxylation sites is 1. The third-order valence-corrected chi connectivity index (χ3v) is 5.80. The second kappa shape index (κ2) is 10.1. The highest BCUT2D eigenvalue weighted by Gasteiger charge is 2.07. The molecule has 0 atom stereocenters. The maximum atomic E-state index is 11.2. The average molecular weight is 461 g/mol. The van der Waals surface area contributed by atoms with Crippen LogP contribution in [0.25, 0.3) is 27.8 Å². The average Bonchev–Trinajstić information content (AvgIpc) is 2.90. The summed E-state index contributed by atoms with van der Waals surface area (Å²) in [4.78, 5) is 15.7. The second-order valence-corrected chi connectivity index (χ2v) is 8.27. The van der Waals surface area contributed by atoms with Crippen LogP contribution in [0.1, 0.15) is 15.9 Å². The van der Waals surface area contributed by atoms with Gasteiger partial charge in [-0.25, -0.2) is 4.79 Å². The van der Waals surface area contributed by atoms with Crippen LogP contribution in [0.15, 0.2) is 109 Å². The number of ether oxygens (including phenoxy) is 1. The summed E-state index contributed by atoms with van der Waals surface area (Å²) in [5.74, 6) is -0.117. The summed E-state index contributed by atoms with van der Waals surface area (Å²) in [7, 11) is 0. The molecule has 1 aromatic heterocycles. The van der Waals surface area contributed by atoms with Gasteiger partial charge in [0.2, 0.25) is 0 Å². The predicted octanol–water partition coefficient (Wildman–Crippen LogP) is 6.66. The normalized spacial score (nSPS) is 11.5. The van der Waals surface area contributed by atoms with Crippen LogP contribution < -0.4 is 10.1 Å². The van der Waals surface area contributed by atoms with Gasteiger partial charge in [-0.3, -0.25) is 4.98 Å². The van der Waals surface area contributed by atoms with E-state index in [4.69, 9.17) is 4.74 Å². The topological polar surface area (TPSA) is 71.5 Å². The summed E-state index contributed by atoms with van der Waals surface area (Å²) >= 11 is 0. The number of carboxylic acids is 1. The molecule has 0 spiro atoms. The van der Waals surface area contributed by atoms with Gasteiger partial charge in [0.1, 0.15) is 12.4 Å². The molecule has 1 heterocycles. The zero-order chi connectivity index (χ0) is 24.0. The third kappa shape index (κ3) is 5.31. The van der Waals surface area contributed by atoms with Crippen molar-refractivity contribution in [3.05, 3.63) is 120 Å². The molecule has 0 saturated carbocycles. The van der Waals surface area contributed by atoms with Crippen molar-refractivity contribution < 1.29 is 14.6 Å². The maximum Gasteiger partial charge on any atom is 0.335 e. The van der Waals surface area contributed by atoms with Crippen molar-refractivity contribution in [2.45, 2.75) is 0 Å². The Morgan fingerprint density at radius 3 is 2.46 bits per heavy atom. The lowest BCUT2D eigenvalue weighted by molar-refractivity contribution is 0.0697. The first-order valence-electron chi connectivity index (χ1n) is 11.4. The van der Waals surface area contributed by atoms with Crippen LogP contribution in [0.5, 0.6) is 5.75 Å². The van der Waals surface area contributed by atoms with E-state index in [9.17, 15) is 9.90 Å². The smallest absolute Gasteiger partial charge is 0.335 e. The Balaban J connectivity index is 1.39. The number of anilines is 1. The number of pyridine rings is 1. The quantitative estimate of drug-likeness (QED) is 0.271. The summed E-state index contributed by atoms with van der Waals surface area (Å²) in [5.41, 5.74) is 4.04. The monoisotopic (exact) mass is 460 g/mol. The molecule has 0 bridgehead atoms. The number of aromatic carboxylic acids is 1. The number of benzene rings is 4. The third-order valence-electron chi connectivity index (χ3n) is 5.80. The molecule has 0 aliphatic rings. The molecule has 0 saturated heterocycles.